The van der Waals surface area contributed by atoms with E-state index in [-0.39, 0.29) is 17.7 Å². The predicted octanol–water partition coefficient (Wildman–Crippen LogP) is 2.24. The second-order valence-corrected chi connectivity index (χ2v) is 8.28. The highest BCUT2D eigenvalue weighted by Crippen LogP contribution is 2.36. The van der Waals surface area contributed by atoms with Crippen LogP contribution in [0, 0.1) is 6.92 Å². The summed E-state index contributed by atoms with van der Waals surface area (Å²) in [6.45, 7) is 11.9. The van der Waals surface area contributed by atoms with Gasteiger partial charge in [-0.1, -0.05) is 12.6 Å². The van der Waals surface area contributed by atoms with E-state index in [1.807, 2.05) is 17.0 Å². The summed E-state index contributed by atoms with van der Waals surface area (Å²) in [5.41, 5.74) is 4.43. The third-order valence-electron chi connectivity index (χ3n) is 6.20. The second-order valence-electron chi connectivity index (χ2n) is 8.28. The highest BCUT2D eigenvalue weighted by atomic mass is 16.5. The van der Waals surface area contributed by atoms with Crippen LogP contribution in [0.4, 0.5) is 5.82 Å². The van der Waals surface area contributed by atoms with E-state index in [0.29, 0.717) is 38.6 Å². The summed E-state index contributed by atoms with van der Waals surface area (Å²) in [6.07, 6.45) is 1.37. The molecule has 164 valence electrons. The van der Waals surface area contributed by atoms with Crippen LogP contribution in [0.25, 0.3) is 0 Å². The number of benzene rings is 1. The number of aryl methyl sites for hydroxylation is 1. The number of hydrogen-bond donors (Lipinski definition) is 1. The second kappa shape index (κ2) is 8.55. The topological polar surface area (TPSA) is 82.0 Å². The van der Waals surface area contributed by atoms with Gasteiger partial charge in [-0.05, 0) is 43.2 Å². The lowest BCUT2D eigenvalue weighted by atomic mass is 10.1. The molecule has 3 heterocycles. The zero-order valence-electron chi connectivity index (χ0n) is 18.3. The number of rotatable bonds is 5. The number of aromatic nitrogens is 2. The van der Waals surface area contributed by atoms with E-state index in [1.54, 1.807) is 13.2 Å². The Morgan fingerprint density at radius 2 is 2.06 bits per heavy atom. The molecular weight excluding hydrogens is 394 g/mol. The molecule has 0 bridgehead atoms. The van der Waals surface area contributed by atoms with Crippen molar-refractivity contribution in [3.8, 4) is 11.6 Å². The molecule has 0 aliphatic carbocycles. The van der Waals surface area contributed by atoms with Gasteiger partial charge in [0.25, 0.3) is 0 Å². The molecule has 8 heteroatoms. The van der Waals surface area contributed by atoms with Gasteiger partial charge in [-0.2, -0.15) is 0 Å². The zero-order valence-corrected chi connectivity index (χ0v) is 18.3. The van der Waals surface area contributed by atoms with Gasteiger partial charge < -0.3 is 19.6 Å². The van der Waals surface area contributed by atoms with Crippen molar-refractivity contribution in [2.24, 2.45) is 0 Å². The lowest BCUT2D eigenvalue weighted by molar-refractivity contribution is -0.126. The standard InChI is InChI=1S/C23H29N5O3/c1-5-21(30)27-8-9-28(16(3)11-27)22-19-13-26(14-20(19)23(31-4)25-24-22)12-17-10-18(29)7-6-15(17)2/h5-7,10,16,29H,1,8-9,11-14H2,2-4H3. The number of nitrogens with zero attached hydrogens (tertiary/aromatic N) is 5. The van der Waals surface area contributed by atoms with Crippen molar-refractivity contribution >= 4 is 11.7 Å². The van der Waals surface area contributed by atoms with Gasteiger partial charge in [0.2, 0.25) is 11.8 Å². The normalized spacial score (nSPS) is 18.7. The van der Waals surface area contributed by atoms with Crippen LogP contribution in [0.15, 0.2) is 30.9 Å². The number of ether oxygens (including phenoxy) is 1. The Bertz CT molecular complexity index is 1010. The first-order valence-electron chi connectivity index (χ1n) is 10.5. The van der Waals surface area contributed by atoms with Crippen LogP contribution in [0.2, 0.25) is 0 Å². The van der Waals surface area contributed by atoms with E-state index < -0.39 is 0 Å². The van der Waals surface area contributed by atoms with E-state index in [9.17, 15) is 9.90 Å². The van der Waals surface area contributed by atoms with Gasteiger partial charge in [0.05, 0.1) is 7.11 Å². The number of carbonyl (C=O) groups excluding carboxylic acids is 1. The molecular formula is C23H29N5O3. The molecule has 1 aromatic carbocycles. The third kappa shape index (κ3) is 4.07. The number of piperazine rings is 1. The van der Waals surface area contributed by atoms with Gasteiger partial charge in [0.15, 0.2) is 5.82 Å². The van der Waals surface area contributed by atoms with Crippen LogP contribution < -0.4 is 9.64 Å². The number of anilines is 1. The van der Waals surface area contributed by atoms with Crippen LogP contribution in [0.5, 0.6) is 11.6 Å². The molecule has 1 fully saturated rings. The smallest absolute Gasteiger partial charge is 0.246 e. The Kier molecular flexibility index (Phi) is 5.82. The number of aromatic hydroxyl groups is 1. The fourth-order valence-corrected chi connectivity index (χ4v) is 4.49. The number of carbonyl (C=O) groups is 1. The first-order valence-corrected chi connectivity index (χ1v) is 10.5. The Balaban J connectivity index is 1.58. The molecule has 31 heavy (non-hydrogen) atoms. The molecule has 4 rings (SSSR count). The van der Waals surface area contributed by atoms with Gasteiger partial charge >= 0.3 is 0 Å². The number of phenolic OH excluding ortho intramolecular Hbond substituents is 1. The number of methoxy groups -OCH3 is 1. The van der Waals surface area contributed by atoms with E-state index >= 15 is 0 Å². The van der Waals surface area contributed by atoms with E-state index in [2.05, 4.69) is 40.4 Å². The van der Waals surface area contributed by atoms with Crippen LogP contribution >= 0.6 is 0 Å². The Labute approximate surface area is 182 Å². The molecule has 0 saturated carbocycles. The van der Waals surface area contributed by atoms with Gasteiger partial charge in [0, 0.05) is 56.4 Å². The molecule has 8 nitrogen and oxygen atoms in total. The van der Waals surface area contributed by atoms with Crippen molar-refractivity contribution in [3.05, 3.63) is 53.1 Å². The van der Waals surface area contributed by atoms with Crippen LogP contribution in [0.3, 0.4) is 0 Å². The lowest BCUT2D eigenvalue weighted by Gasteiger charge is -2.40. The highest BCUT2D eigenvalue weighted by molar-refractivity contribution is 5.87. The van der Waals surface area contributed by atoms with E-state index in [0.717, 1.165) is 34.6 Å². The SMILES string of the molecule is C=CC(=O)N1CCN(c2nnc(OC)c3c2CN(Cc2cc(O)ccc2C)C3)C(C)C1. The number of hydrogen-bond acceptors (Lipinski definition) is 7. The van der Waals surface area contributed by atoms with Crippen molar-refractivity contribution < 1.29 is 14.6 Å². The van der Waals surface area contributed by atoms with E-state index in [4.69, 9.17) is 4.74 Å². The van der Waals surface area contributed by atoms with Crippen molar-refractivity contribution in [1.29, 1.82) is 0 Å². The molecule has 2 aliphatic heterocycles. The fraction of sp³-hybridized carbons (Fsp3) is 0.435. The van der Waals surface area contributed by atoms with Crippen LogP contribution in [0.1, 0.15) is 29.2 Å². The highest BCUT2D eigenvalue weighted by Gasteiger charge is 2.33. The molecule has 2 aromatic rings. The minimum absolute atomic E-state index is 0.0368. The largest absolute Gasteiger partial charge is 0.508 e. The Morgan fingerprint density at radius 1 is 1.29 bits per heavy atom. The summed E-state index contributed by atoms with van der Waals surface area (Å²) in [5.74, 6) is 1.66. The molecule has 2 aliphatic rings. The molecule has 0 radical (unpaired) electrons. The third-order valence-corrected chi connectivity index (χ3v) is 6.20. The summed E-state index contributed by atoms with van der Waals surface area (Å²) in [6, 6.07) is 5.59. The van der Waals surface area contributed by atoms with Crippen molar-refractivity contribution in [2.45, 2.75) is 39.5 Å². The van der Waals surface area contributed by atoms with E-state index in [1.165, 1.54) is 6.08 Å². The fourth-order valence-electron chi connectivity index (χ4n) is 4.49. The van der Waals surface area contributed by atoms with Crippen molar-refractivity contribution in [2.75, 3.05) is 31.6 Å². The number of fused-ring (bicyclic) bond motifs is 1. The maximum absolute atomic E-state index is 12.0. The minimum atomic E-state index is -0.0368. The maximum atomic E-state index is 12.0. The summed E-state index contributed by atoms with van der Waals surface area (Å²) in [5, 5.41) is 18.8. The summed E-state index contributed by atoms with van der Waals surface area (Å²) < 4.78 is 5.51. The predicted molar refractivity (Wildman–Crippen MR) is 118 cm³/mol. The molecule has 1 amide bonds. The molecule has 0 spiro atoms. The van der Waals surface area contributed by atoms with Gasteiger partial charge in [-0.15, -0.1) is 10.2 Å². The summed E-state index contributed by atoms with van der Waals surface area (Å²) in [4.78, 5) is 18.4. The van der Waals surface area contributed by atoms with Gasteiger partial charge in [-0.3, -0.25) is 9.69 Å². The Hall–Kier alpha value is -3.13. The van der Waals surface area contributed by atoms with Crippen LogP contribution in [-0.2, 0) is 24.4 Å². The summed E-state index contributed by atoms with van der Waals surface area (Å²) >= 11 is 0. The van der Waals surface area contributed by atoms with Crippen molar-refractivity contribution in [3.63, 3.8) is 0 Å². The van der Waals surface area contributed by atoms with Gasteiger partial charge in [-0.25, -0.2) is 0 Å². The average molecular weight is 424 g/mol. The van der Waals surface area contributed by atoms with Gasteiger partial charge in [0.1, 0.15) is 5.75 Å². The molecule has 1 saturated heterocycles. The number of phenols is 1. The first-order chi connectivity index (χ1) is 14.9. The average Bonchev–Trinajstić information content (AvgIpc) is 3.19. The quantitative estimate of drug-likeness (QED) is 0.739. The molecule has 1 N–H and O–H groups in total. The lowest BCUT2D eigenvalue weighted by Crippen LogP contribution is -2.54. The Morgan fingerprint density at radius 3 is 2.77 bits per heavy atom. The minimum Gasteiger partial charge on any atom is -0.508 e. The molecule has 1 atom stereocenters. The zero-order chi connectivity index (χ0) is 22.1. The first kappa shape index (κ1) is 21.1. The molecule has 1 unspecified atom stereocenters. The molecule has 1 aromatic heterocycles. The summed E-state index contributed by atoms with van der Waals surface area (Å²) in [7, 11) is 1.62. The van der Waals surface area contributed by atoms with Crippen molar-refractivity contribution in [1.82, 2.24) is 20.0 Å². The monoisotopic (exact) mass is 423 g/mol. The van der Waals surface area contributed by atoms with Crippen LogP contribution in [-0.4, -0.2) is 63.8 Å². The number of amides is 1. The maximum Gasteiger partial charge on any atom is 0.246 e.